The predicted molar refractivity (Wildman–Crippen MR) is 108 cm³/mol. The van der Waals surface area contributed by atoms with Crippen LogP contribution in [0.4, 0.5) is 10.2 Å². The van der Waals surface area contributed by atoms with Crippen molar-refractivity contribution in [1.29, 1.82) is 0 Å². The zero-order valence-electron chi connectivity index (χ0n) is 15.7. The lowest BCUT2D eigenvalue weighted by molar-refractivity contribution is -0.0000156. The quantitative estimate of drug-likeness (QED) is 0.345. The lowest BCUT2D eigenvalue weighted by Gasteiger charge is -2.13. The van der Waals surface area contributed by atoms with Crippen molar-refractivity contribution < 1.29 is 31.0 Å². The van der Waals surface area contributed by atoms with Crippen molar-refractivity contribution in [1.82, 2.24) is 20.9 Å². The molecule has 1 heterocycles. The Morgan fingerprint density at radius 3 is 2.70 bits per heavy atom. The van der Waals surface area contributed by atoms with Gasteiger partial charge in [0.05, 0.1) is 0 Å². The van der Waals surface area contributed by atoms with Crippen LogP contribution in [0.15, 0.2) is 51.6 Å². The van der Waals surface area contributed by atoms with Crippen LogP contribution in [0.2, 0.25) is 0 Å². The average molecular weight is 500 g/mol. The number of rotatable bonds is 9. The van der Waals surface area contributed by atoms with Crippen molar-refractivity contribution in [2.75, 3.05) is 18.8 Å². The first-order valence-electron chi connectivity index (χ1n) is 8.76. The van der Waals surface area contributed by atoms with Gasteiger partial charge in [0, 0.05) is 35.2 Å². The number of nitrogen functional groups attached to an aromatic ring is 1. The predicted octanol–water partition coefficient (Wildman–Crippen LogP) is -0.344. The number of hydrogen-bond donors (Lipinski definition) is 3. The smallest absolute Gasteiger partial charge is 0.277 e. The molecule has 0 fully saturated rings. The Bertz CT molecular complexity index is 988. The van der Waals surface area contributed by atoms with Crippen molar-refractivity contribution in [3.8, 4) is 5.75 Å². The molecule has 0 aliphatic heterocycles. The molecule has 0 spiro atoms. The van der Waals surface area contributed by atoms with E-state index < -0.39 is 5.91 Å². The van der Waals surface area contributed by atoms with E-state index in [9.17, 15) is 9.18 Å². The van der Waals surface area contributed by atoms with Crippen molar-refractivity contribution in [2.45, 2.75) is 13.2 Å². The van der Waals surface area contributed by atoms with Gasteiger partial charge in [-0.3, -0.25) is 4.79 Å². The second-order valence-corrected chi connectivity index (χ2v) is 6.98. The highest BCUT2D eigenvalue weighted by atomic mass is 79.9. The van der Waals surface area contributed by atoms with Crippen molar-refractivity contribution in [3.05, 3.63) is 69.6 Å². The summed E-state index contributed by atoms with van der Waals surface area (Å²) >= 11 is 3.44. The lowest BCUT2D eigenvalue weighted by Crippen LogP contribution is -3.00. The second-order valence-electron chi connectivity index (χ2n) is 6.06. The molecule has 0 atom stereocenters. The van der Waals surface area contributed by atoms with E-state index in [0.29, 0.717) is 30.9 Å². The number of nitrogens with zero attached hydrogens (tertiary/aromatic N) is 2. The van der Waals surface area contributed by atoms with E-state index in [0.717, 1.165) is 10.0 Å². The molecule has 0 bridgehead atoms. The van der Waals surface area contributed by atoms with Gasteiger partial charge in [-0.1, -0.05) is 34.1 Å². The third-order valence-electron chi connectivity index (χ3n) is 4.00. The molecule has 3 aromatic rings. The van der Waals surface area contributed by atoms with E-state index in [1.54, 1.807) is 18.2 Å². The van der Waals surface area contributed by atoms with Crippen LogP contribution in [0.1, 0.15) is 21.6 Å². The first-order valence-corrected chi connectivity index (χ1v) is 9.55. The van der Waals surface area contributed by atoms with Gasteiger partial charge >= 0.3 is 0 Å². The van der Waals surface area contributed by atoms with Crippen LogP contribution in [0.5, 0.6) is 5.75 Å². The van der Waals surface area contributed by atoms with Crippen LogP contribution in [0.25, 0.3) is 0 Å². The summed E-state index contributed by atoms with van der Waals surface area (Å²) in [6, 6.07) is 12.1. The van der Waals surface area contributed by atoms with Gasteiger partial charge in [-0.25, -0.2) is 9.02 Å². The largest absolute Gasteiger partial charge is 1.00 e. The lowest BCUT2D eigenvalue weighted by atomic mass is 10.2. The molecule has 8 nitrogen and oxygen atoms in total. The zero-order valence-corrected chi connectivity index (χ0v) is 18.0. The number of hydrogen-bond acceptors (Lipinski definition) is 7. The molecule has 2 aromatic carbocycles. The molecule has 160 valence electrons. The fourth-order valence-electron chi connectivity index (χ4n) is 2.52. The second kappa shape index (κ2) is 11.5. The van der Waals surface area contributed by atoms with Crippen LogP contribution in [-0.4, -0.2) is 29.3 Å². The fourth-order valence-corrected chi connectivity index (χ4v) is 2.93. The Morgan fingerprint density at radius 2 is 1.97 bits per heavy atom. The number of ether oxygens (including phenoxy) is 1. The minimum absolute atomic E-state index is 0. The standard InChI is InChI=1S/C19H19BrFN5O3.ClH/c20-14-5-6-16(28-11-12-3-1-2-4-15(12)21)13(9-14)10-23-7-8-24-19(27)17-18(22)26-29-25-17;/h1-6,9,23H,7-8,10-11H2,(H2,22,26)(H,24,27);1H/p-1. The van der Waals surface area contributed by atoms with Gasteiger partial charge < -0.3 is 33.5 Å². The highest BCUT2D eigenvalue weighted by Gasteiger charge is 2.15. The Balaban J connectivity index is 0.00000320. The summed E-state index contributed by atoms with van der Waals surface area (Å²) in [6.45, 7) is 1.47. The van der Waals surface area contributed by atoms with Crippen molar-refractivity contribution in [2.24, 2.45) is 0 Å². The molecule has 3 rings (SSSR count). The van der Waals surface area contributed by atoms with E-state index >= 15 is 0 Å². The molecule has 0 radical (unpaired) electrons. The summed E-state index contributed by atoms with van der Waals surface area (Å²) in [5.41, 5.74) is 6.81. The number of amides is 1. The zero-order chi connectivity index (χ0) is 20.6. The van der Waals surface area contributed by atoms with Gasteiger partial charge in [0.25, 0.3) is 5.91 Å². The van der Waals surface area contributed by atoms with E-state index in [4.69, 9.17) is 10.5 Å². The highest BCUT2D eigenvalue weighted by molar-refractivity contribution is 9.10. The van der Waals surface area contributed by atoms with Crippen LogP contribution in [0, 0.1) is 5.82 Å². The number of carbonyl (C=O) groups excluding carboxylic acids is 1. The maximum atomic E-state index is 13.8. The summed E-state index contributed by atoms with van der Waals surface area (Å²) < 4.78 is 24.9. The molecule has 30 heavy (non-hydrogen) atoms. The van der Waals surface area contributed by atoms with Gasteiger partial charge in [0.15, 0.2) is 0 Å². The number of anilines is 1. The number of benzene rings is 2. The topological polar surface area (TPSA) is 115 Å². The maximum absolute atomic E-state index is 13.8. The molecule has 0 aliphatic rings. The third-order valence-corrected chi connectivity index (χ3v) is 4.49. The summed E-state index contributed by atoms with van der Waals surface area (Å²) in [4.78, 5) is 11.9. The van der Waals surface area contributed by atoms with Crippen LogP contribution >= 0.6 is 15.9 Å². The van der Waals surface area contributed by atoms with E-state index in [2.05, 4.69) is 41.5 Å². The van der Waals surface area contributed by atoms with E-state index in [1.807, 2.05) is 18.2 Å². The number of halogens is 3. The van der Waals surface area contributed by atoms with E-state index in [1.165, 1.54) is 6.07 Å². The van der Waals surface area contributed by atoms with Gasteiger partial charge in [0.1, 0.15) is 18.2 Å². The summed E-state index contributed by atoms with van der Waals surface area (Å²) in [6.07, 6.45) is 0. The van der Waals surface area contributed by atoms with Gasteiger partial charge in [-0.2, -0.15) is 0 Å². The molecule has 1 aromatic heterocycles. The average Bonchev–Trinajstić information content (AvgIpc) is 3.14. The first kappa shape index (κ1) is 23.6. The van der Waals surface area contributed by atoms with Crippen LogP contribution in [0.3, 0.4) is 0 Å². The summed E-state index contributed by atoms with van der Waals surface area (Å²) in [5, 5.41) is 12.7. The van der Waals surface area contributed by atoms with Gasteiger partial charge in [-0.15, -0.1) is 0 Å². The van der Waals surface area contributed by atoms with E-state index in [-0.39, 0.29) is 36.3 Å². The molecule has 1 amide bonds. The number of carbonyl (C=O) groups is 1. The Morgan fingerprint density at radius 1 is 1.17 bits per heavy atom. The molecule has 0 saturated carbocycles. The molecular weight excluding hydrogens is 481 g/mol. The maximum Gasteiger partial charge on any atom is 0.277 e. The number of nitrogens with one attached hydrogen (secondary N) is 2. The Hall–Kier alpha value is -2.69. The summed E-state index contributed by atoms with van der Waals surface area (Å²) in [5.74, 6) is -0.166. The highest BCUT2D eigenvalue weighted by Crippen LogP contribution is 2.24. The monoisotopic (exact) mass is 498 g/mol. The molecule has 0 unspecified atom stereocenters. The van der Waals surface area contributed by atoms with Gasteiger partial charge in [-0.05, 0) is 34.6 Å². The molecular formula is C19H19BrClFN5O3-. The van der Waals surface area contributed by atoms with Crippen molar-refractivity contribution >= 4 is 27.7 Å². The first-order chi connectivity index (χ1) is 14.0. The number of aromatic nitrogens is 2. The third kappa shape index (κ3) is 6.41. The van der Waals surface area contributed by atoms with Crippen LogP contribution in [-0.2, 0) is 13.2 Å². The summed E-state index contributed by atoms with van der Waals surface area (Å²) in [7, 11) is 0. The normalized spacial score (nSPS) is 10.3. The SMILES string of the molecule is Nc1nonc1C(=O)NCCNCc1cc(Br)ccc1OCc1ccccc1F.[Cl-]. The molecule has 4 N–H and O–H groups in total. The molecule has 0 aliphatic carbocycles. The van der Waals surface area contributed by atoms with Crippen LogP contribution < -0.4 is 33.5 Å². The number of nitrogens with two attached hydrogens (primary N) is 1. The minimum Gasteiger partial charge on any atom is -1.00 e. The van der Waals surface area contributed by atoms with Crippen molar-refractivity contribution in [3.63, 3.8) is 0 Å². The molecule has 0 saturated heterocycles. The minimum atomic E-state index is -0.457. The Kier molecular flexibility index (Phi) is 9.03. The van der Waals surface area contributed by atoms with Gasteiger partial charge in [0.2, 0.25) is 11.5 Å². The Labute approximate surface area is 186 Å². The molecule has 11 heteroatoms. The fraction of sp³-hybridized carbons (Fsp3) is 0.211.